The molecule has 6 heteroatoms. The molecule has 1 aromatic rings. The van der Waals surface area contributed by atoms with Gasteiger partial charge in [-0.05, 0) is 31.4 Å². The molecule has 0 atom stereocenters. The zero-order valence-corrected chi connectivity index (χ0v) is 10.8. The van der Waals surface area contributed by atoms with Gasteiger partial charge in [0.1, 0.15) is 10.7 Å². The average Bonchev–Trinajstić information content (AvgIpc) is 3.04. The largest absolute Gasteiger partial charge is 0.367 e. The lowest BCUT2D eigenvalue weighted by molar-refractivity contribution is 0.583. The standard InChI is InChI=1S/C11H17N3O2S/c1-3-13-17(15,16)10-6-8(2)11(12-7-10)14-9-4-5-9/h6-7,9,13H,3-5H2,1-2H3,(H,12,14). The Labute approximate surface area is 102 Å². The predicted octanol–water partition coefficient (Wildman–Crippen LogP) is 1.26. The molecule has 0 amide bonds. The van der Waals surface area contributed by atoms with Gasteiger partial charge in [0.2, 0.25) is 10.0 Å². The lowest BCUT2D eigenvalue weighted by atomic mass is 10.3. The molecule has 1 aliphatic carbocycles. The second kappa shape index (κ2) is 4.62. The van der Waals surface area contributed by atoms with Crippen molar-refractivity contribution in [1.29, 1.82) is 0 Å². The van der Waals surface area contributed by atoms with E-state index in [1.165, 1.54) is 19.0 Å². The average molecular weight is 255 g/mol. The van der Waals surface area contributed by atoms with Crippen molar-refractivity contribution in [3.05, 3.63) is 17.8 Å². The summed E-state index contributed by atoms with van der Waals surface area (Å²) >= 11 is 0. The summed E-state index contributed by atoms with van der Waals surface area (Å²) in [7, 11) is -3.40. The molecule has 1 fully saturated rings. The molecule has 2 N–H and O–H groups in total. The van der Waals surface area contributed by atoms with Gasteiger partial charge in [-0.3, -0.25) is 0 Å². The van der Waals surface area contributed by atoms with Gasteiger partial charge in [0.15, 0.2) is 0 Å². The molecule has 1 aromatic heterocycles. The number of aromatic nitrogens is 1. The highest BCUT2D eigenvalue weighted by atomic mass is 32.2. The van der Waals surface area contributed by atoms with Crippen molar-refractivity contribution in [2.24, 2.45) is 0 Å². The first-order valence-electron chi connectivity index (χ1n) is 5.76. The van der Waals surface area contributed by atoms with Gasteiger partial charge in [0.25, 0.3) is 0 Å². The zero-order valence-electron chi connectivity index (χ0n) is 10.0. The van der Waals surface area contributed by atoms with Crippen LogP contribution in [0, 0.1) is 6.92 Å². The van der Waals surface area contributed by atoms with E-state index in [1.54, 1.807) is 13.0 Å². The van der Waals surface area contributed by atoms with Crippen molar-refractivity contribution in [2.45, 2.75) is 37.6 Å². The Morgan fingerprint density at radius 3 is 2.71 bits per heavy atom. The van der Waals surface area contributed by atoms with Crippen molar-refractivity contribution in [3.63, 3.8) is 0 Å². The summed E-state index contributed by atoms with van der Waals surface area (Å²) in [5.74, 6) is 0.781. The molecule has 1 heterocycles. The number of nitrogens with one attached hydrogen (secondary N) is 2. The summed E-state index contributed by atoms with van der Waals surface area (Å²) in [6, 6.07) is 2.16. The summed E-state index contributed by atoms with van der Waals surface area (Å²) < 4.78 is 26.0. The predicted molar refractivity (Wildman–Crippen MR) is 66.5 cm³/mol. The number of hydrogen-bond donors (Lipinski definition) is 2. The monoisotopic (exact) mass is 255 g/mol. The van der Waals surface area contributed by atoms with Crippen LogP contribution in [-0.2, 0) is 10.0 Å². The Balaban J connectivity index is 2.23. The number of aryl methyl sites for hydroxylation is 1. The summed E-state index contributed by atoms with van der Waals surface area (Å²) in [6.07, 6.45) is 3.73. The topological polar surface area (TPSA) is 71.1 Å². The molecule has 0 bridgehead atoms. The van der Waals surface area contributed by atoms with Gasteiger partial charge in [-0.1, -0.05) is 6.92 Å². The first kappa shape index (κ1) is 12.3. The Bertz CT molecular complexity index is 509. The van der Waals surface area contributed by atoms with E-state index in [2.05, 4.69) is 15.0 Å². The van der Waals surface area contributed by atoms with Crippen molar-refractivity contribution in [1.82, 2.24) is 9.71 Å². The maximum Gasteiger partial charge on any atom is 0.242 e. The van der Waals surface area contributed by atoms with Gasteiger partial charge in [0.05, 0.1) is 0 Å². The van der Waals surface area contributed by atoms with Gasteiger partial charge in [-0.15, -0.1) is 0 Å². The molecule has 94 valence electrons. The molecule has 2 rings (SSSR count). The minimum absolute atomic E-state index is 0.221. The Kier molecular flexibility index (Phi) is 3.35. The highest BCUT2D eigenvalue weighted by molar-refractivity contribution is 7.89. The molecule has 0 spiro atoms. The summed E-state index contributed by atoms with van der Waals surface area (Å²) in [5, 5.41) is 3.27. The SMILES string of the molecule is CCNS(=O)(=O)c1cnc(NC2CC2)c(C)c1. The van der Waals surface area contributed by atoms with Crippen molar-refractivity contribution in [3.8, 4) is 0 Å². The molecule has 5 nitrogen and oxygen atoms in total. The van der Waals surface area contributed by atoms with Gasteiger partial charge < -0.3 is 5.32 Å². The van der Waals surface area contributed by atoms with E-state index in [0.717, 1.165) is 11.4 Å². The Morgan fingerprint density at radius 2 is 2.18 bits per heavy atom. The van der Waals surface area contributed by atoms with Gasteiger partial charge in [-0.2, -0.15) is 0 Å². The zero-order chi connectivity index (χ0) is 12.5. The number of nitrogens with zero attached hydrogens (tertiary/aromatic N) is 1. The van der Waals surface area contributed by atoms with Crippen LogP contribution >= 0.6 is 0 Å². The Morgan fingerprint density at radius 1 is 1.47 bits per heavy atom. The lowest BCUT2D eigenvalue weighted by Gasteiger charge is -2.09. The third kappa shape index (κ3) is 2.95. The second-order valence-corrected chi connectivity index (χ2v) is 6.02. The van der Waals surface area contributed by atoms with Crippen molar-refractivity contribution in [2.75, 3.05) is 11.9 Å². The maximum absolute atomic E-state index is 11.8. The van der Waals surface area contributed by atoms with Crippen molar-refractivity contribution < 1.29 is 8.42 Å². The van der Waals surface area contributed by atoms with E-state index in [4.69, 9.17) is 0 Å². The highest BCUT2D eigenvalue weighted by Crippen LogP contribution is 2.26. The molecule has 0 saturated heterocycles. The molecular formula is C11H17N3O2S. The first-order valence-corrected chi connectivity index (χ1v) is 7.24. The minimum atomic E-state index is -3.40. The quantitative estimate of drug-likeness (QED) is 0.831. The molecule has 0 radical (unpaired) electrons. The van der Waals surface area contributed by atoms with E-state index in [9.17, 15) is 8.42 Å². The third-order valence-electron chi connectivity index (χ3n) is 2.62. The van der Waals surface area contributed by atoms with Crippen LogP contribution in [0.1, 0.15) is 25.3 Å². The lowest BCUT2D eigenvalue weighted by Crippen LogP contribution is -2.23. The van der Waals surface area contributed by atoms with Gasteiger partial charge in [-0.25, -0.2) is 18.1 Å². The molecule has 1 aliphatic rings. The number of anilines is 1. The van der Waals surface area contributed by atoms with Crippen LogP contribution in [0.15, 0.2) is 17.2 Å². The smallest absolute Gasteiger partial charge is 0.242 e. The number of sulfonamides is 1. The number of rotatable bonds is 5. The molecule has 0 unspecified atom stereocenters. The van der Waals surface area contributed by atoms with Crippen molar-refractivity contribution >= 4 is 15.8 Å². The maximum atomic E-state index is 11.8. The summed E-state index contributed by atoms with van der Waals surface area (Å²) in [4.78, 5) is 4.40. The molecule has 0 aromatic carbocycles. The van der Waals surface area contributed by atoms with E-state index in [1.807, 2.05) is 6.92 Å². The van der Waals surface area contributed by atoms with E-state index in [-0.39, 0.29) is 4.90 Å². The fourth-order valence-electron chi connectivity index (χ4n) is 1.54. The fraction of sp³-hybridized carbons (Fsp3) is 0.545. The first-order chi connectivity index (χ1) is 8.03. The highest BCUT2D eigenvalue weighted by Gasteiger charge is 2.22. The number of pyridine rings is 1. The van der Waals surface area contributed by atoms with Gasteiger partial charge >= 0.3 is 0 Å². The van der Waals surface area contributed by atoms with Crippen LogP contribution in [0.25, 0.3) is 0 Å². The minimum Gasteiger partial charge on any atom is -0.367 e. The van der Waals surface area contributed by atoms with E-state index >= 15 is 0 Å². The molecule has 0 aliphatic heterocycles. The van der Waals surface area contributed by atoms with E-state index in [0.29, 0.717) is 12.6 Å². The van der Waals surface area contributed by atoms with Crippen LogP contribution < -0.4 is 10.0 Å². The fourth-order valence-corrected chi connectivity index (χ4v) is 2.61. The van der Waals surface area contributed by atoms with Crippen LogP contribution in [0.5, 0.6) is 0 Å². The summed E-state index contributed by atoms with van der Waals surface area (Å²) in [6.45, 7) is 3.99. The summed E-state index contributed by atoms with van der Waals surface area (Å²) in [5.41, 5.74) is 0.857. The van der Waals surface area contributed by atoms with E-state index < -0.39 is 10.0 Å². The second-order valence-electron chi connectivity index (χ2n) is 4.26. The van der Waals surface area contributed by atoms with Crippen LogP contribution in [0.2, 0.25) is 0 Å². The normalized spacial score (nSPS) is 15.9. The molecule has 1 saturated carbocycles. The number of hydrogen-bond acceptors (Lipinski definition) is 4. The van der Waals surface area contributed by atoms with Gasteiger partial charge in [0, 0.05) is 18.8 Å². The molecular weight excluding hydrogens is 238 g/mol. The van der Waals surface area contributed by atoms with Crippen LogP contribution in [0.3, 0.4) is 0 Å². The van der Waals surface area contributed by atoms with Crippen LogP contribution in [0.4, 0.5) is 5.82 Å². The third-order valence-corrected chi connectivity index (χ3v) is 4.13. The van der Waals surface area contributed by atoms with Crippen LogP contribution in [-0.4, -0.2) is 26.0 Å². The Hall–Kier alpha value is -1.14. The molecule has 17 heavy (non-hydrogen) atoms.